The van der Waals surface area contributed by atoms with E-state index in [1.165, 1.54) is 31.2 Å². The summed E-state index contributed by atoms with van der Waals surface area (Å²) in [4.78, 5) is 13.2. The summed E-state index contributed by atoms with van der Waals surface area (Å²) in [6.07, 6.45) is 0.344. The van der Waals surface area contributed by atoms with E-state index in [0.29, 0.717) is 12.1 Å². The van der Waals surface area contributed by atoms with E-state index in [0.717, 1.165) is 33.7 Å². The van der Waals surface area contributed by atoms with Crippen molar-refractivity contribution in [2.24, 2.45) is 0 Å². The third-order valence-electron chi connectivity index (χ3n) is 5.30. The fraction of sp³-hybridized carbons (Fsp3) is 0.125. The number of amides is 1. The zero-order valence-corrected chi connectivity index (χ0v) is 21.1. The van der Waals surface area contributed by atoms with Gasteiger partial charge >= 0.3 is 0 Å². The van der Waals surface area contributed by atoms with E-state index in [9.17, 15) is 22.3 Å². The van der Waals surface area contributed by atoms with Crippen LogP contribution in [-0.2, 0) is 17.7 Å². The molecule has 0 saturated heterocycles. The lowest BCUT2D eigenvalue weighted by atomic mass is 10.1. The van der Waals surface area contributed by atoms with Crippen LogP contribution in [0.2, 0.25) is 5.02 Å². The van der Waals surface area contributed by atoms with Crippen LogP contribution in [0.15, 0.2) is 66.7 Å². The molecule has 1 aromatic heterocycles. The summed E-state index contributed by atoms with van der Waals surface area (Å²) in [6, 6.07) is 15.8. The van der Waals surface area contributed by atoms with Gasteiger partial charge in [0, 0.05) is 23.1 Å². The van der Waals surface area contributed by atoms with Gasteiger partial charge in [0.25, 0.3) is 17.2 Å². The number of nitrogens with one attached hydrogen (secondary N) is 1. The maximum atomic E-state index is 14.2. The number of anilines is 2. The molecule has 0 bridgehead atoms. The zero-order valence-electron chi connectivity index (χ0n) is 18.7. The summed E-state index contributed by atoms with van der Waals surface area (Å²) in [6.45, 7) is 1.53. The molecular formula is C24H19ClF2N4O3S2. The molecule has 0 fully saturated rings. The van der Waals surface area contributed by atoms with Crippen molar-refractivity contribution in [2.45, 2.75) is 19.4 Å². The number of benzene rings is 3. The van der Waals surface area contributed by atoms with Crippen LogP contribution in [0.5, 0.6) is 0 Å². The monoisotopic (exact) mass is 548 g/mol. The number of carbonyl (C=O) groups is 1. The van der Waals surface area contributed by atoms with Crippen LogP contribution in [0.4, 0.5) is 20.3 Å². The van der Waals surface area contributed by atoms with E-state index in [1.54, 1.807) is 0 Å². The van der Waals surface area contributed by atoms with Crippen LogP contribution in [0.25, 0.3) is 0 Å². The summed E-state index contributed by atoms with van der Waals surface area (Å²) in [5, 5.41) is 2.84. The predicted molar refractivity (Wildman–Crippen MR) is 136 cm³/mol. The number of nitrogens with zero attached hydrogens (tertiary/aromatic N) is 3. The van der Waals surface area contributed by atoms with Crippen molar-refractivity contribution in [3.8, 4) is 0 Å². The van der Waals surface area contributed by atoms with Gasteiger partial charge in [-0.1, -0.05) is 48.0 Å². The van der Waals surface area contributed by atoms with Crippen molar-refractivity contribution in [3.05, 3.63) is 106 Å². The molecule has 4 rings (SSSR count). The molecule has 1 amide bonds. The van der Waals surface area contributed by atoms with Gasteiger partial charge in [-0.3, -0.25) is 9.35 Å². The first-order chi connectivity index (χ1) is 17.2. The third-order valence-corrected chi connectivity index (χ3v) is 6.77. The molecule has 3 aromatic carbocycles. The molecule has 0 aliphatic carbocycles. The first kappa shape index (κ1) is 25.8. The molecule has 0 aliphatic rings. The average Bonchev–Trinajstić information content (AvgIpc) is 3.27. The van der Waals surface area contributed by atoms with Crippen LogP contribution in [0.3, 0.4) is 0 Å². The predicted octanol–water partition coefficient (Wildman–Crippen LogP) is 5.83. The Kier molecular flexibility index (Phi) is 8.04. The molecule has 0 spiro atoms. The Balaban J connectivity index is 1.69. The molecule has 0 saturated carbocycles. The Hall–Kier alpha value is -3.25. The van der Waals surface area contributed by atoms with Gasteiger partial charge in [-0.2, -0.15) is 8.75 Å². The van der Waals surface area contributed by atoms with Gasteiger partial charge in [-0.25, -0.2) is 17.3 Å². The fourth-order valence-electron chi connectivity index (χ4n) is 3.60. The second kappa shape index (κ2) is 11.2. The van der Waals surface area contributed by atoms with E-state index < -0.39 is 34.8 Å². The first-order valence-electron chi connectivity index (χ1n) is 10.6. The normalized spacial score (nSPS) is 12.7. The quantitative estimate of drug-likeness (QED) is 0.270. The molecule has 7 nitrogen and oxygen atoms in total. The summed E-state index contributed by atoms with van der Waals surface area (Å²) in [5.74, 6) is -2.13. The van der Waals surface area contributed by atoms with Gasteiger partial charge in [0.05, 0.1) is 29.0 Å². The lowest BCUT2D eigenvalue weighted by Crippen LogP contribution is -2.30. The van der Waals surface area contributed by atoms with Crippen LogP contribution in [0.1, 0.15) is 40.1 Å². The maximum Gasteiger partial charge on any atom is 0.268 e. The number of hydrogen-bond acceptors (Lipinski definition) is 5. The molecule has 0 aliphatic heterocycles. The van der Waals surface area contributed by atoms with Crippen LogP contribution < -0.4 is 9.62 Å². The maximum absolute atomic E-state index is 14.2. The Morgan fingerprint density at radius 2 is 1.89 bits per heavy atom. The summed E-state index contributed by atoms with van der Waals surface area (Å²) < 4.78 is 59.7. The van der Waals surface area contributed by atoms with Crippen molar-refractivity contribution < 1.29 is 22.3 Å². The minimum Gasteiger partial charge on any atom is -0.345 e. The minimum absolute atomic E-state index is 0.0436. The molecule has 2 atom stereocenters. The largest absolute Gasteiger partial charge is 0.345 e. The molecule has 2 N–H and O–H groups in total. The lowest BCUT2D eigenvalue weighted by Gasteiger charge is -2.22. The van der Waals surface area contributed by atoms with Gasteiger partial charge in [-0.15, -0.1) is 0 Å². The Morgan fingerprint density at radius 1 is 1.14 bits per heavy atom. The molecule has 36 heavy (non-hydrogen) atoms. The highest BCUT2D eigenvalue weighted by Gasteiger charge is 2.28. The number of carbonyl (C=O) groups excluding carboxylic acids is 1. The number of hydrogen-bond donors (Lipinski definition) is 2. The number of aromatic nitrogens is 2. The molecule has 2 unspecified atom stereocenters. The second-order valence-corrected chi connectivity index (χ2v) is 9.54. The molecular weight excluding hydrogens is 530 g/mol. The first-order valence-corrected chi connectivity index (χ1v) is 12.7. The SMILES string of the molecule is CC(NC(=O)c1cc(Cl)ccc1N(c1nsnc1Cc1ccccc1)S(=O)O)c1ccc(F)cc1F. The van der Waals surface area contributed by atoms with Gasteiger partial charge in [-0.05, 0) is 36.8 Å². The average molecular weight is 549 g/mol. The highest BCUT2D eigenvalue weighted by Crippen LogP contribution is 2.34. The standard InChI is InChI=1S/C24H19ClF2N4O3S2/c1-14(18-9-8-17(26)13-20(18)27)28-24(32)19-12-16(25)7-10-22(19)31(36(33)34)23-21(29-35-30-23)11-15-5-3-2-4-6-15/h2-10,12-14H,11H2,1H3,(H,28,32)(H,33,34). The third kappa shape index (κ3) is 5.76. The molecule has 1 heterocycles. The van der Waals surface area contributed by atoms with E-state index >= 15 is 0 Å². The molecule has 186 valence electrons. The highest BCUT2D eigenvalue weighted by molar-refractivity contribution is 7.81. The second-order valence-electron chi connectivity index (χ2n) is 7.74. The van der Waals surface area contributed by atoms with E-state index in [2.05, 4.69) is 14.1 Å². The van der Waals surface area contributed by atoms with Gasteiger partial charge in [0.1, 0.15) is 17.3 Å². The van der Waals surface area contributed by atoms with Crippen molar-refractivity contribution in [3.63, 3.8) is 0 Å². The van der Waals surface area contributed by atoms with Crippen LogP contribution >= 0.6 is 23.3 Å². The van der Waals surface area contributed by atoms with Crippen molar-refractivity contribution in [1.82, 2.24) is 14.1 Å². The van der Waals surface area contributed by atoms with E-state index in [4.69, 9.17) is 11.6 Å². The molecule has 0 radical (unpaired) electrons. The Labute approximate surface area is 217 Å². The lowest BCUT2D eigenvalue weighted by molar-refractivity contribution is 0.0940. The Bertz CT molecular complexity index is 1420. The van der Waals surface area contributed by atoms with Crippen molar-refractivity contribution in [2.75, 3.05) is 4.31 Å². The van der Waals surface area contributed by atoms with Gasteiger partial charge in [0.15, 0.2) is 5.82 Å². The van der Waals surface area contributed by atoms with E-state index in [1.807, 2.05) is 30.3 Å². The Morgan fingerprint density at radius 3 is 2.58 bits per heavy atom. The highest BCUT2D eigenvalue weighted by atomic mass is 35.5. The van der Waals surface area contributed by atoms with Gasteiger partial charge < -0.3 is 5.32 Å². The zero-order chi connectivity index (χ0) is 25.8. The van der Waals surface area contributed by atoms with Crippen molar-refractivity contribution in [1.29, 1.82) is 0 Å². The molecule has 12 heteroatoms. The minimum atomic E-state index is -2.63. The summed E-state index contributed by atoms with van der Waals surface area (Å²) >= 11 is 4.38. The topological polar surface area (TPSA) is 95.4 Å². The smallest absolute Gasteiger partial charge is 0.268 e. The summed E-state index contributed by atoms with van der Waals surface area (Å²) in [5.41, 5.74) is 1.44. The van der Waals surface area contributed by atoms with Crippen LogP contribution in [0, 0.1) is 11.6 Å². The molecule has 4 aromatic rings. The van der Waals surface area contributed by atoms with Crippen LogP contribution in [-0.4, -0.2) is 23.4 Å². The van der Waals surface area contributed by atoms with E-state index in [-0.39, 0.29) is 27.7 Å². The van der Waals surface area contributed by atoms with Crippen molar-refractivity contribution >= 4 is 52.0 Å². The summed E-state index contributed by atoms with van der Waals surface area (Å²) in [7, 11) is 0. The fourth-order valence-corrected chi connectivity index (χ4v) is 5.00. The number of halogens is 3. The van der Waals surface area contributed by atoms with Gasteiger partial charge in [0.2, 0.25) is 0 Å². The number of rotatable bonds is 8.